The first-order chi connectivity index (χ1) is 10.7. The molecule has 2 aromatic carbocycles. The number of phenols is 1. The van der Waals surface area contributed by atoms with E-state index in [1.807, 2.05) is 29.6 Å². The van der Waals surface area contributed by atoms with E-state index in [4.69, 9.17) is 16.3 Å². The molecule has 3 nitrogen and oxygen atoms in total. The minimum atomic E-state index is 0.186. The van der Waals surface area contributed by atoms with Crippen LogP contribution in [0, 0.1) is 0 Å². The van der Waals surface area contributed by atoms with Crippen LogP contribution in [0.15, 0.2) is 47.8 Å². The van der Waals surface area contributed by atoms with Gasteiger partial charge in [-0.25, -0.2) is 4.98 Å². The van der Waals surface area contributed by atoms with E-state index in [1.165, 1.54) is 0 Å². The van der Waals surface area contributed by atoms with Gasteiger partial charge in [0, 0.05) is 22.4 Å². The van der Waals surface area contributed by atoms with Gasteiger partial charge in [0.25, 0.3) is 0 Å². The molecule has 112 valence electrons. The molecule has 5 heteroatoms. The summed E-state index contributed by atoms with van der Waals surface area (Å²) < 4.78 is 5.15. The summed E-state index contributed by atoms with van der Waals surface area (Å²) in [6, 6.07) is 12.9. The van der Waals surface area contributed by atoms with Gasteiger partial charge in [-0.05, 0) is 35.9 Å². The Hall–Kier alpha value is -2.04. The van der Waals surface area contributed by atoms with E-state index in [9.17, 15) is 5.11 Å². The lowest BCUT2D eigenvalue weighted by Crippen LogP contribution is -1.89. The molecular formula is C17H14ClNO2S. The Balaban J connectivity index is 1.82. The van der Waals surface area contributed by atoms with E-state index >= 15 is 0 Å². The zero-order chi connectivity index (χ0) is 15.5. The summed E-state index contributed by atoms with van der Waals surface area (Å²) in [6.45, 7) is 0. The highest BCUT2D eigenvalue weighted by Gasteiger charge is 2.10. The Morgan fingerprint density at radius 3 is 2.68 bits per heavy atom. The normalized spacial score (nSPS) is 10.6. The number of rotatable bonds is 4. The van der Waals surface area contributed by atoms with Crippen molar-refractivity contribution in [1.82, 2.24) is 4.98 Å². The fourth-order valence-electron chi connectivity index (χ4n) is 2.15. The lowest BCUT2D eigenvalue weighted by Gasteiger charge is -2.02. The Bertz CT molecular complexity index is 784. The summed E-state index contributed by atoms with van der Waals surface area (Å²) in [4.78, 5) is 4.59. The Morgan fingerprint density at radius 2 is 1.95 bits per heavy atom. The van der Waals surface area contributed by atoms with Crippen molar-refractivity contribution in [2.24, 2.45) is 0 Å². The van der Waals surface area contributed by atoms with Crippen LogP contribution in [0.25, 0.3) is 11.3 Å². The Labute approximate surface area is 137 Å². The van der Waals surface area contributed by atoms with E-state index in [-0.39, 0.29) is 5.75 Å². The van der Waals surface area contributed by atoms with Gasteiger partial charge in [0.15, 0.2) is 0 Å². The van der Waals surface area contributed by atoms with Gasteiger partial charge in [0.1, 0.15) is 11.5 Å². The van der Waals surface area contributed by atoms with Crippen LogP contribution in [-0.2, 0) is 6.42 Å². The van der Waals surface area contributed by atoms with Crippen LogP contribution < -0.4 is 4.74 Å². The number of benzene rings is 2. The van der Waals surface area contributed by atoms with Crippen molar-refractivity contribution in [2.75, 3.05) is 7.11 Å². The molecule has 0 radical (unpaired) electrons. The standard InChI is InChI=1S/C17H14ClNO2S/c1-21-13-5-2-11(3-6-13)8-17-19-15(10-22-17)14-9-12(18)4-7-16(14)20/h2-7,9-10,20H,8H2,1H3. The minimum Gasteiger partial charge on any atom is -0.507 e. The quantitative estimate of drug-likeness (QED) is 0.749. The van der Waals surface area contributed by atoms with Gasteiger partial charge in [-0.2, -0.15) is 0 Å². The summed E-state index contributed by atoms with van der Waals surface area (Å²) in [5.41, 5.74) is 2.57. The number of aromatic nitrogens is 1. The van der Waals surface area contributed by atoms with Gasteiger partial charge in [0.2, 0.25) is 0 Å². The van der Waals surface area contributed by atoms with Gasteiger partial charge >= 0.3 is 0 Å². The Kier molecular flexibility index (Phi) is 4.32. The van der Waals surface area contributed by atoms with E-state index < -0.39 is 0 Å². The van der Waals surface area contributed by atoms with Gasteiger partial charge in [-0.3, -0.25) is 0 Å². The number of ether oxygens (including phenoxy) is 1. The minimum absolute atomic E-state index is 0.186. The third kappa shape index (κ3) is 3.24. The van der Waals surface area contributed by atoms with Crippen LogP contribution in [-0.4, -0.2) is 17.2 Å². The first-order valence-corrected chi connectivity index (χ1v) is 7.97. The molecular weight excluding hydrogens is 318 g/mol. The molecule has 22 heavy (non-hydrogen) atoms. The number of nitrogens with zero attached hydrogens (tertiary/aromatic N) is 1. The lowest BCUT2D eigenvalue weighted by atomic mass is 10.1. The second-order valence-electron chi connectivity index (χ2n) is 4.81. The van der Waals surface area contributed by atoms with E-state index in [2.05, 4.69) is 4.98 Å². The molecule has 3 rings (SSSR count). The topological polar surface area (TPSA) is 42.4 Å². The van der Waals surface area contributed by atoms with E-state index in [0.29, 0.717) is 10.6 Å². The fraction of sp³-hybridized carbons (Fsp3) is 0.118. The number of hydrogen-bond acceptors (Lipinski definition) is 4. The molecule has 0 bridgehead atoms. The van der Waals surface area contributed by atoms with Crippen molar-refractivity contribution in [3.05, 3.63) is 63.4 Å². The maximum Gasteiger partial charge on any atom is 0.125 e. The molecule has 0 unspecified atom stereocenters. The molecule has 0 saturated heterocycles. The molecule has 0 aliphatic heterocycles. The van der Waals surface area contributed by atoms with Gasteiger partial charge in [-0.15, -0.1) is 11.3 Å². The molecule has 1 aromatic heterocycles. The molecule has 1 heterocycles. The van der Waals surface area contributed by atoms with Gasteiger partial charge in [-0.1, -0.05) is 23.7 Å². The van der Waals surface area contributed by atoms with Crippen molar-refractivity contribution < 1.29 is 9.84 Å². The average molecular weight is 332 g/mol. The van der Waals surface area contributed by atoms with Crippen molar-refractivity contribution in [3.8, 4) is 22.8 Å². The maximum absolute atomic E-state index is 9.94. The highest BCUT2D eigenvalue weighted by Crippen LogP contribution is 2.32. The van der Waals surface area contributed by atoms with Crippen molar-refractivity contribution in [1.29, 1.82) is 0 Å². The molecule has 0 aliphatic carbocycles. The van der Waals surface area contributed by atoms with Crippen molar-refractivity contribution >= 4 is 22.9 Å². The fourth-order valence-corrected chi connectivity index (χ4v) is 3.15. The van der Waals surface area contributed by atoms with Crippen LogP contribution in [0.5, 0.6) is 11.5 Å². The molecule has 1 N–H and O–H groups in total. The predicted octanol–water partition coefficient (Wildman–Crippen LogP) is 4.77. The molecule has 0 atom stereocenters. The summed E-state index contributed by atoms with van der Waals surface area (Å²) >= 11 is 7.55. The molecule has 3 aromatic rings. The van der Waals surface area contributed by atoms with Crippen LogP contribution >= 0.6 is 22.9 Å². The number of hydrogen-bond donors (Lipinski definition) is 1. The van der Waals surface area contributed by atoms with Crippen LogP contribution in [0.2, 0.25) is 5.02 Å². The third-order valence-electron chi connectivity index (χ3n) is 3.30. The zero-order valence-corrected chi connectivity index (χ0v) is 13.5. The van der Waals surface area contributed by atoms with Crippen LogP contribution in [0.4, 0.5) is 0 Å². The number of thiazole rings is 1. The summed E-state index contributed by atoms with van der Waals surface area (Å²) in [5.74, 6) is 1.03. The average Bonchev–Trinajstić information content (AvgIpc) is 2.99. The lowest BCUT2D eigenvalue weighted by molar-refractivity contribution is 0.414. The predicted molar refractivity (Wildman–Crippen MR) is 90.0 cm³/mol. The number of methoxy groups -OCH3 is 1. The summed E-state index contributed by atoms with van der Waals surface area (Å²) in [5, 5.41) is 13.4. The largest absolute Gasteiger partial charge is 0.507 e. The summed E-state index contributed by atoms with van der Waals surface area (Å²) in [6.07, 6.45) is 0.746. The van der Waals surface area contributed by atoms with E-state index in [1.54, 1.807) is 36.6 Å². The smallest absolute Gasteiger partial charge is 0.125 e. The maximum atomic E-state index is 9.94. The second kappa shape index (κ2) is 6.38. The molecule has 0 aliphatic rings. The summed E-state index contributed by atoms with van der Waals surface area (Å²) in [7, 11) is 1.65. The first kappa shape index (κ1) is 14.9. The molecule has 0 spiro atoms. The number of phenolic OH excluding ortho intramolecular Hbond substituents is 1. The second-order valence-corrected chi connectivity index (χ2v) is 6.19. The highest BCUT2D eigenvalue weighted by molar-refractivity contribution is 7.10. The van der Waals surface area contributed by atoms with Crippen LogP contribution in [0.1, 0.15) is 10.6 Å². The Morgan fingerprint density at radius 1 is 1.18 bits per heavy atom. The van der Waals surface area contributed by atoms with Gasteiger partial charge < -0.3 is 9.84 Å². The van der Waals surface area contributed by atoms with Crippen LogP contribution in [0.3, 0.4) is 0 Å². The van der Waals surface area contributed by atoms with E-state index in [0.717, 1.165) is 28.4 Å². The molecule has 0 saturated carbocycles. The highest BCUT2D eigenvalue weighted by atomic mass is 35.5. The van der Waals surface area contributed by atoms with Crippen molar-refractivity contribution in [2.45, 2.75) is 6.42 Å². The van der Waals surface area contributed by atoms with Crippen molar-refractivity contribution in [3.63, 3.8) is 0 Å². The zero-order valence-electron chi connectivity index (χ0n) is 11.9. The van der Waals surface area contributed by atoms with Gasteiger partial charge in [0.05, 0.1) is 17.8 Å². The molecule has 0 fully saturated rings. The first-order valence-electron chi connectivity index (χ1n) is 6.72. The number of aromatic hydroxyl groups is 1. The number of halogens is 1. The third-order valence-corrected chi connectivity index (χ3v) is 4.38. The SMILES string of the molecule is COc1ccc(Cc2nc(-c3cc(Cl)ccc3O)cs2)cc1. The monoisotopic (exact) mass is 331 g/mol. The molecule has 0 amide bonds.